The van der Waals surface area contributed by atoms with Crippen LogP contribution in [0, 0.1) is 5.82 Å². The molecule has 1 atom stereocenters. The van der Waals surface area contributed by atoms with E-state index in [2.05, 4.69) is 5.32 Å². The number of anilines is 1. The second-order valence-electron chi connectivity index (χ2n) is 6.08. The van der Waals surface area contributed by atoms with Gasteiger partial charge in [0.05, 0.1) is 29.8 Å². The number of hydrogen-bond donors (Lipinski definition) is 1. The summed E-state index contributed by atoms with van der Waals surface area (Å²) in [4.78, 5) is 14.9. The van der Waals surface area contributed by atoms with Gasteiger partial charge in [-0.3, -0.25) is 9.00 Å². The van der Waals surface area contributed by atoms with Crippen molar-refractivity contribution in [3.05, 3.63) is 77.1 Å². The van der Waals surface area contributed by atoms with Crippen molar-refractivity contribution in [3.63, 3.8) is 0 Å². The summed E-state index contributed by atoms with van der Waals surface area (Å²) in [6.07, 6.45) is 1.65. The van der Waals surface area contributed by atoms with E-state index >= 15 is 0 Å². The van der Waals surface area contributed by atoms with E-state index in [0.29, 0.717) is 32.0 Å². The lowest BCUT2D eigenvalue weighted by molar-refractivity contribution is -0.112. The standard InChI is InChI=1S/C20H21FN2O3S/c21-17-6-8-18(9-7-17)22-20(24)19(14-23-10-12-26-13-11-23)27(25)15-16-4-2-1-3-5-16/h1-9,14H,10-13,15H2,(H,22,24)/b19-14-. The molecule has 27 heavy (non-hydrogen) atoms. The molecule has 1 aliphatic rings. The number of carbonyl (C=O) groups excluding carboxylic acids is 1. The lowest BCUT2D eigenvalue weighted by Gasteiger charge is -2.26. The van der Waals surface area contributed by atoms with Crippen molar-refractivity contribution >= 4 is 22.4 Å². The quantitative estimate of drug-likeness (QED) is 0.773. The van der Waals surface area contributed by atoms with Crippen molar-refractivity contribution in [2.45, 2.75) is 5.75 Å². The summed E-state index contributed by atoms with van der Waals surface area (Å²) in [5.41, 5.74) is 1.34. The fraction of sp³-hybridized carbons (Fsp3) is 0.250. The number of carbonyl (C=O) groups is 1. The highest BCUT2D eigenvalue weighted by molar-refractivity contribution is 7.89. The van der Waals surface area contributed by atoms with E-state index in [9.17, 15) is 13.4 Å². The number of nitrogens with zero attached hydrogens (tertiary/aromatic N) is 1. The highest BCUT2D eigenvalue weighted by Gasteiger charge is 2.20. The maximum atomic E-state index is 13.1. The van der Waals surface area contributed by atoms with E-state index < -0.39 is 16.7 Å². The number of rotatable bonds is 6. The smallest absolute Gasteiger partial charge is 0.266 e. The molecular formula is C20H21FN2O3S. The van der Waals surface area contributed by atoms with Crippen LogP contribution in [0.2, 0.25) is 0 Å². The number of benzene rings is 2. The first-order chi connectivity index (χ1) is 13.1. The topological polar surface area (TPSA) is 58.6 Å². The summed E-state index contributed by atoms with van der Waals surface area (Å²) >= 11 is 0. The molecule has 1 amide bonds. The minimum Gasteiger partial charge on any atom is -0.378 e. The van der Waals surface area contributed by atoms with Gasteiger partial charge in [0.25, 0.3) is 5.91 Å². The number of ether oxygens (including phenoxy) is 1. The fourth-order valence-corrected chi connectivity index (χ4v) is 3.80. The Hall–Kier alpha value is -2.51. The molecule has 2 aromatic rings. The zero-order chi connectivity index (χ0) is 19.1. The van der Waals surface area contributed by atoms with Gasteiger partial charge in [0.2, 0.25) is 0 Å². The molecule has 1 unspecified atom stereocenters. The van der Waals surface area contributed by atoms with Crippen molar-refractivity contribution in [1.82, 2.24) is 4.90 Å². The normalized spacial score (nSPS) is 16.0. The summed E-state index contributed by atoms with van der Waals surface area (Å²) in [7, 11) is -1.53. The van der Waals surface area contributed by atoms with Gasteiger partial charge in [0.15, 0.2) is 0 Å². The van der Waals surface area contributed by atoms with Gasteiger partial charge < -0.3 is 15.0 Å². The van der Waals surface area contributed by atoms with Crippen molar-refractivity contribution in [1.29, 1.82) is 0 Å². The van der Waals surface area contributed by atoms with Gasteiger partial charge in [-0.15, -0.1) is 0 Å². The Bertz CT molecular complexity index is 819. The van der Waals surface area contributed by atoms with Crippen LogP contribution in [-0.2, 0) is 26.1 Å². The molecule has 3 rings (SSSR count). The van der Waals surface area contributed by atoms with Crippen LogP contribution >= 0.6 is 0 Å². The zero-order valence-corrected chi connectivity index (χ0v) is 15.6. The Labute approximate surface area is 160 Å². The molecule has 7 heteroatoms. The van der Waals surface area contributed by atoms with Crippen molar-refractivity contribution in [2.75, 3.05) is 31.6 Å². The van der Waals surface area contributed by atoms with Crippen molar-refractivity contribution in [3.8, 4) is 0 Å². The molecule has 0 aliphatic carbocycles. The van der Waals surface area contributed by atoms with Crippen molar-refractivity contribution < 1.29 is 18.1 Å². The first kappa shape index (κ1) is 19.3. The van der Waals surface area contributed by atoms with Crippen LogP contribution in [-0.4, -0.2) is 41.3 Å². The average Bonchev–Trinajstić information content (AvgIpc) is 2.69. The predicted octanol–water partition coefficient (Wildman–Crippen LogP) is 2.89. The Balaban J connectivity index is 1.79. The number of amides is 1. The van der Waals surface area contributed by atoms with Crippen molar-refractivity contribution in [2.24, 2.45) is 0 Å². The van der Waals surface area contributed by atoms with Gasteiger partial charge in [-0.05, 0) is 29.8 Å². The van der Waals surface area contributed by atoms with E-state index in [1.807, 2.05) is 35.2 Å². The average molecular weight is 388 g/mol. The monoisotopic (exact) mass is 388 g/mol. The van der Waals surface area contributed by atoms with E-state index in [4.69, 9.17) is 4.74 Å². The third-order valence-electron chi connectivity index (χ3n) is 4.06. The maximum absolute atomic E-state index is 13.1. The molecule has 2 aromatic carbocycles. The largest absolute Gasteiger partial charge is 0.378 e. The molecule has 1 fully saturated rings. The minimum absolute atomic E-state index is 0.185. The molecule has 0 saturated carbocycles. The molecule has 0 bridgehead atoms. The molecule has 1 heterocycles. The summed E-state index contributed by atoms with van der Waals surface area (Å²) in [5.74, 6) is -0.597. The highest BCUT2D eigenvalue weighted by atomic mass is 32.2. The minimum atomic E-state index is -1.53. The number of halogens is 1. The summed E-state index contributed by atoms with van der Waals surface area (Å²) in [5, 5.41) is 2.70. The van der Waals surface area contributed by atoms with Gasteiger partial charge in [-0.25, -0.2) is 4.39 Å². The lowest BCUT2D eigenvalue weighted by Crippen LogP contribution is -2.33. The SMILES string of the molecule is O=C(Nc1ccc(F)cc1)/C(=C/N1CCOCC1)S(=O)Cc1ccccc1. The van der Waals surface area contributed by atoms with E-state index in [-0.39, 0.29) is 16.5 Å². The maximum Gasteiger partial charge on any atom is 0.266 e. The summed E-state index contributed by atoms with van der Waals surface area (Å²) in [6.45, 7) is 2.40. The van der Waals surface area contributed by atoms with Crippen LogP contribution < -0.4 is 5.32 Å². The molecule has 1 aliphatic heterocycles. The van der Waals surface area contributed by atoms with Crippen LogP contribution in [0.15, 0.2) is 65.7 Å². The van der Waals surface area contributed by atoms with Gasteiger partial charge in [0.1, 0.15) is 10.7 Å². The second kappa shape index (κ2) is 9.43. The Morgan fingerprint density at radius 2 is 1.78 bits per heavy atom. The predicted molar refractivity (Wildman–Crippen MR) is 104 cm³/mol. The van der Waals surface area contributed by atoms with Crippen LogP contribution in [0.4, 0.5) is 10.1 Å². The number of hydrogen-bond acceptors (Lipinski definition) is 4. The Morgan fingerprint density at radius 3 is 2.44 bits per heavy atom. The molecule has 0 spiro atoms. The third-order valence-corrected chi connectivity index (χ3v) is 5.43. The van der Waals surface area contributed by atoms with E-state index in [1.54, 1.807) is 6.20 Å². The van der Waals surface area contributed by atoms with Crippen LogP contribution in [0.5, 0.6) is 0 Å². The van der Waals surface area contributed by atoms with Gasteiger partial charge in [0, 0.05) is 25.0 Å². The second-order valence-corrected chi connectivity index (χ2v) is 7.50. The van der Waals surface area contributed by atoms with Crippen LogP contribution in [0.25, 0.3) is 0 Å². The summed E-state index contributed by atoms with van der Waals surface area (Å²) < 4.78 is 31.3. The molecule has 1 saturated heterocycles. The van der Waals surface area contributed by atoms with E-state index in [1.165, 1.54) is 24.3 Å². The number of morpholine rings is 1. The Morgan fingerprint density at radius 1 is 1.11 bits per heavy atom. The third kappa shape index (κ3) is 5.74. The molecule has 5 nitrogen and oxygen atoms in total. The van der Waals surface area contributed by atoms with E-state index in [0.717, 1.165) is 5.56 Å². The molecule has 0 radical (unpaired) electrons. The first-order valence-corrected chi connectivity index (χ1v) is 9.96. The van der Waals surface area contributed by atoms with Crippen LogP contribution in [0.1, 0.15) is 5.56 Å². The fourth-order valence-electron chi connectivity index (χ4n) is 2.62. The van der Waals surface area contributed by atoms with Gasteiger partial charge in [-0.2, -0.15) is 0 Å². The lowest BCUT2D eigenvalue weighted by atomic mass is 10.2. The molecule has 0 aromatic heterocycles. The summed E-state index contributed by atoms with van der Waals surface area (Å²) in [6, 6.07) is 14.9. The highest BCUT2D eigenvalue weighted by Crippen LogP contribution is 2.16. The van der Waals surface area contributed by atoms with Gasteiger partial charge >= 0.3 is 0 Å². The Kier molecular flexibility index (Phi) is 6.73. The zero-order valence-electron chi connectivity index (χ0n) is 14.8. The van der Waals surface area contributed by atoms with Gasteiger partial charge in [-0.1, -0.05) is 30.3 Å². The molecule has 142 valence electrons. The van der Waals surface area contributed by atoms with Crippen LogP contribution in [0.3, 0.4) is 0 Å². The first-order valence-electron chi connectivity index (χ1n) is 8.64. The molecule has 1 N–H and O–H groups in total. The number of nitrogens with one attached hydrogen (secondary N) is 1. The molecular weight excluding hydrogens is 367 g/mol.